The molecule has 2 N–H and O–H groups in total. The molecule has 2 heterocycles. The number of carboxylic acid groups (broad SMARTS) is 1. The van der Waals surface area contributed by atoms with Gasteiger partial charge in [-0.3, -0.25) is 24.0 Å². The summed E-state index contributed by atoms with van der Waals surface area (Å²) in [6.07, 6.45) is 4.69. The Balaban J connectivity index is 0.00000441. The van der Waals surface area contributed by atoms with E-state index in [1.165, 1.54) is 12.1 Å². The van der Waals surface area contributed by atoms with Crippen LogP contribution in [0.1, 0.15) is 94.2 Å². The molecule has 1 amide bonds. The SMILES string of the molecule is CC(F)(F)c1ccccc1-c1cc(C(=O)N[C@@H](CCN2CCC(=O)CC2(C)C)CC(=O)O)nn1C1CCCC1.Cl. The molecule has 11 heteroatoms. The highest BCUT2D eigenvalue weighted by Gasteiger charge is 2.35. The number of hydrogen-bond donors (Lipinski definition) is 2. The molecular weight excluding hydrogens is 542 g/mol. The number of rotatable bonds is 10. The number of carbonyl (C=O) groups excluding carboxylic acids is 2. The number of carboxylic acids is 1. The molecule has 1 aliphatic carbocycles. The highest BCUT2D eigenvalue weighted by molar-refractivity contribution is 5.94. The monoisotopic (exact) mass is 580 g/mol. The van der Waals surface area contributed by atoms with E-state index in [0.29, 0.717) is 43.6 Å². The normalized spacial score (nSPS) is 18.8. The largest absolute Gasteiger partial charge is 0.481 e. The maximum absolute atomic E-state index is 14.5. The van der Waals surface area contributed by atoms with Crippen molar-refractivity contribution in [1.29, 1.82) is 0 Å². The van der Waals surface area contributed by atoms with Gasteiger partial charge in [0.1, 0.15) is 5.78 Å². The van der Waals surface area contributed by atoms with Crippen LogP contribution >= 0.6 is 12.4 Å². The highest BCUT2D eigenvalue weighted by atomic mass is 35.5. The van der Waals surface area contributed by atoms with Gasteiger partial charge in [-0.1, -0.05) is 37.1 Å². The molecule has 0 unspecified atom stereocenters. The zero-order valence-electron chi connectivity index (χ0n) is 23.3. The Morgan fingerprint density at radius 3 is 2.52 bits per heavy atom. The molecule has 2 aromatic rings. The van der Waals surface area contributed by atoms with Gasteiger partial charge in [0.05, 0.1) is 18.2 Å². The van der Waals surface area contributed by atoms with Crippen molar-refractivity contribution in [2.45, 2.75) is 95.7 Å². The van der Waals surface area contributed by atoms with Gasteiger partial charge in [0.2, 0.25) is 0 Å². The average Bonchev–Trinajstić information content (AvgIpc) is 3.52. The van der Waals surface area contributed by atoms with Crippen LogP contribution in [0.15, 0.2) is 30.3 Å². The quantitative estimate of drug-likeness (QED) is 0.379. The van der Waals surface area contributed by atoms with Gasteiger partial charge < -0.3 is 10.4 Å². The predicted octanol–water partition coefficient (Wildman–Crippen LogP) is 5.61. The predicted molar refractivity (Wildman–Crippen MR) is 150 cm³/mol. The third-order valence-electron chi connectivity index (χ3n) is 7.97. The Labute approximate surface area is 239 Å². The van der Waals surface area contributed by atoms with Crippen molar-refractivity contribution in [3.63, 3.8) is 0 Å². The fraction of sp³-hybridized carbons (Fsp3) is 0.586. The maximum atomic E-state index is 14.5. The van der Waals surface area contributed by atoms with Crippen molar-refractivity contribution in [3.05, 3.63) is 41.6 Å². The number of hydrogen-bond acceptors (Lipinski definition) is 5. The van der Waals surface area contributed by atoms with Crippen LogP contribution in [0.4, 0.5) is 8.78 Å². The van der Waals surface area contributed by atoms with E-state index in [1.54, 1.807) is 22.9 Å². The van der Waals surface area contributed by atoms with E-state index in [9.17, 15) is 28.3 Å². The number of carbonyl (C=O) groups is 3. The number of likely N-dealkylation sites (tertiary alicyclic amines) is 1. The van der Waals surface area contributed by atoms with Crippen LogP contribution in [0.25, 0.3) is 11.3 Å². The van der Waals surface area contributed by atoms with E-state index in [0.717, 1.165) is 32.6 Å². The van der Waals surface area contributed by atoms with Crippen molar-refractivity contribution < 1.29 is 28.3 Å². The lowest BCUT2D eigenvalue weighted by molar-refractivity contribution is -0.137. The molecule has 1 aromatic heterocycles. The first-order valence-electron chi connectivity index (χ1n) is 13.7. The first-order valence-corrected chi connectivity index (χ1v) is 13.7. The van der Waals surface area contributed by atoms with Gasteiger partial charge in [0.15, 0.2) is 5.69 Å². The Kier molecular flexibility index (Phi) is 10.1. The van der Waals surface area contributed by atoms with Gasteiger partial charge in [0, 0.05) is 55.6 Å². The van der Waals surface area contributed by atoms with Crippen LogP contribution in [-0.2, 0) is 15.5 Å². The average molecular weight is 581 g/mol. The second-order valence-electron chi connectivity index (χ2n) is 11.6. The lowest BCUT2D eigenvalue weighted by Gasteiger charge is -2.42. The molecular formula is C29H39ClF2N4O4. The van der Waals surface area contributed by atoms with Crippen molar-refractivity contribution in [2.75, 3.05) is 13.1 Å². The molecule has 2 fully saturated rings. The maximum Gasteiger partial charge on any atom is 0.305 e. The number of benzene rings is 1. The minimum absolute atomic E-state index is 0. The number of nitrogens with one attached hydrogen (secondary N) is 1. The summed E-state index contributed by atoms with van der Waals surface area (Å²) in [7, 11) is 0. The Hall–Kier alpha value is -2.85. The van der Waals surface area contributed by atoms with Crippen LogP contribution in [0.5, 0.6) is 0 Å². The smallest absolute Gasteiger partial charge is 0.305 e. The van der Waals surface area contributed by atoms with Crippen LogP contribution < -0.4 is 5.32 Å². The number of alkyl halides is 2. The van der Waals surface area contributed by atoms with E-state index in [2.05, 4.69) is 15.3 Å². The number of nitrogens with zero attached hydrogens (tertiary/aromatic N) is 3. The van der Waals surface area contributed by atoms with Gasteiger partial charge in [-0.2, -0.15) is 5.10 Å². The lowest BCUT2D eigenvalue weighted by atomic mass is 9.89. The molecule has 1 aromatic carbocycles. The zero-order chi connectivity index (χ0) is 28.4. The summed E-state index contributed by atoms with van der Waals surface area (Å²) < 4.78 is 30.7. The van der Waals surface area contributed by atoms with Crippen LogP contribution in [0.2, 0.25) is 0 Å². The molecule has 1 atom stereocenters. The van der Waals surface area contributed by atoms with Gasteiger partial charge in [-0.15, -0.1) is 12.4 Å². The molecule has 1 saturated heterocycles. The summed E-state index contributed by atoms with van der Waals surface area (Å²) >= 11 is 0. The first-order chi connectivity index (χ1) is 18.3. The fourth-order valence-electron chi connectivity index (χ4n) is 5.89. The molecule has 8 nitrogen and oxygen atoms in total. The minimum Gasteiger partial charge on any atom is -0.481 e. The first kappa shape index (κ1) is 31.7. The number of amides is 1. The summed E-state index contributed by atoms with van der Waals surface area (Å²) in [5, 5.41) is 16.9. The van der Waals surface area contributed by atoms with E-state index in [4.69, 9.17) is 0 Å². The number of Topliss-reactive ketones (excluding diaryl/α,β-unsaturated/α-hetero) is 1. The molecule has 0 radical (unpaired) electrons. The molecule has 1 saturated carbocycles. The number of ketones is 1. The Morgan fingerprint density at radius 2 is 1.90 bits per heavy atom. The highest BCUT2D eigenvalue weighted by Crippen LogP contribution is 2.39. The van der Waals surface area contributed by atoms with Crippen LogP contribution in [0, 0.1) is 0 Å². The third-order valence-corrected chi connectivity index (χ3v) is 7.97. The number of aliphatic carboxylic acids is 1. The van der Waals surface area contributed by atoms with Gasteiger partial charge in [-0.05, 0) is 39.2 Å². The molecule has 2 aliphatic rings. The standard InChI is InChI=1S/C29H38F2N4O4.ClH/c1-28(2)18-21(36)13-15-34(28)14-12-19(16-26(37)38)32-27(39)24-17-25(35(33-24)20-8-4-5-9-20)22-10-6-7-11-23(22)29(3,30)31;/h6-7,10-11,17,19-20H,4-5,8-9,12-16,18H2,1-3H3,(H,32,39)(H,37,38);1H/t19-;/m0./s1. The zero-order valence-corrected chi connectivity index (χ0v) is 24.1. The third kappa shape index (κ3) is 7.46. The molecule has 40 heavy (non-hydrogen) atoms. The van der Waals surface area contributed by atoms with E-state index < -0.39 is 23.8 Å². The summed E-state index contributed by atoms with van der Waals surface area (Å²) in [5.41, 5.74) is 0.385. The molecule has 4 rings (SSSR count). The van der Waals surface area contributed by atoms with Crippen molar-refractivity contribution in [1.82, 2.24) is 20.0 Å². The van der Waals surface area contributed by atoms with Gasteiger partial charge in [0.25, 0.3) is 11.8 Å². The van der Waals surface area contributed by atoms with Gasteiger partial charge in [-0.25, -0.2) is 8.78 Å². The topological polar surface area (TPSA) is 105 Å². The molecule has 0 bridgehead atoms. The summed E-state index contributed by atoms with van der Waals surface area (Å²) in [4.78, 5) is 39.0. The van der Waals surface area contributed by atoms with E-state index in [1.807, 2.05) is 13.8 Å². The minimum atomic E-state index is -3.08. The Bertz CT molecular complexity index is 1220. The Morgan fingerprint density at radius 1 is 1.23 bits per heavy atom. The van der Waals surface area contributed by atoms with Crippen LogP contribution in [0.3, 0.4) is 0 Å². The van der Waals surface area contributed by atoms with Crippen molar-refractivity contribution >= 4 is 30.1 Å². The van der Waals surface area contributed by atoms with Crippen molar-refractivity contribution in [2.24, 2.45) is 0 Å². The van der Waals surface area contributed by atoms with Crippen molar-refractivity contribution in [3.8, 4) is 11.3 Å². The number of aromatic nitrogens is 2. The second kappa shape index (κ2) is 12.8. The summed E-state index contributed by atoms with van der Waals surface area (Å²) in [6, 6.07) is 7.14. The molecule has 0 spiro atoms. The summed E-state index contributed by atoms with van der Waals surface area (Å²) in [5.74, 6) is -4.44. The second-order valence-corrected chi connectivity index (χ2v) is 11.6. The van der Waals surface area contributed by atoms with E-state index in [-0.39, 0.29) is 47.4 Å². The van der Waals surface area contributed by atoms with Crippen LogP contribution in [-0.4, -0.2) is 62.1 Å². The lowest BCUT2D eigenvalue weighted by Crippen LogP contribution is -2.51. The molecule has 220 valence electrons. The number of halogens is 3. The number of piperidine rings is 1. The van der Waals surface area contributed by atoms with Gasteiger partial charge >= 0.3 is 5.97 Å². The fourth-order valence-corrected chi connectivity index (χ4v) is 5.89. The molecule has 1 aliphatic heterocycles. The van der Waals surface area contributed by atoms with E-state index >= 15 is 0 Å². The summed E-state index contributed by atoms with van der Waals surface area (Å²) in [6.45, 7) is 5.95.